The summed E-state index contributed by atoms with van der Waals surface area (Å²) in [6.07, 6.45) is -0.345. The Morgan fingerprint density at radius 1 is 1.18 bits per heavy atom. The number of Topliss-reactive ketones (excluding diaryl/α,β-unsaturated/α-hetero) is 1. The Balaban J connectivity index is 2.22. The molecule has 1 aromatic carbocycles. The SMILES string of the molecule is CCN1c2ccccc2N(C(C)=O)C2C(C(C)=O)=C(C)OC21. The third-order valence-electron chi connectivity index (χ3n) is 4.34. The van der Waals surface area contributed by atoms with Crippen LogP contribution in [0.3, 0.4) is 0 Å². The van der Waals surface area contributed by atoms with Crippen LogP contribution in [0.4, 0.5) is 11.4 Å². The first-order chi connectivity index (χ1) is 10.5. The zero-order valence-electron chi connectivity index (χ0n) is 13.3. The minimum absolute atomic E-state index is 0.0494. The minimum atomic E-state index is -0.384. The van der Waals surface area contributed by atoms with Crippen molar-refractivity contribution in [3.8, 4) is 0 Å². The summed E-state index contributed by atoms with van der Waals surface area (Å²) in [5.41, 5.74) is 2.38. The van der Waals surface area contributed by atoms with Crippen LogP contribution in [0, 0.1) is 0 Å². The molecule has 0 aromatic heterocycles. The van der Waals surface area contributed by atoms with Crippen LogP contribution in [-0.4, -0.2) is 30.5 Å². The number of hydrogen-bond donors (Lipinski definition) is 0. The van der Waals surface area contributed by atoms with Crippen LogP contribution in [0.2, 0.25) is 0 Å². The summed E-state index contributed by atoms with van der Waals surface area (Å²) in [5, 5.41) is 0. The maximum Gasteiger partial charge on any atom is 0.224 e. The van der Waals surface area contributed by atoms with Gasteiger partial charge in [-0.25, -0.2) is 0 Å². The van der Waals surface area contributed by atoms with Crippen molar-refractivity contribution in [1.82, 2.24) is 0 Å². The predicted octanol–water partition coefficient (Wildman–Crippen LogP) is 2.47. The molecule has 1 amide bonds. The molecule has 3 rings (SSSR count). The van der Waals surface area contributed by atoms with Gasteiger partial charge in [-0.05, 0) is 32.9 Å². The van der Waals surface area contributed by atoms with Crippen molar-refractivity contribution in [3.05, 3.63) is 35.6 Å². The highest BCUT2D eigenvalue weighted by molar-refractivity contribution is 6.03. The van der Waals surface area contributed by atoms with E-state index >= 15 is 0 Å². The maximum atomic E-state index is 12.3. The highest BCUT2D eigenvalue weighted by Gasteiger charge is 2.49. The van der Waals surface area contributed by atoms with Crippen LogP contribution < -0.4 is 9.80 Å². The van der Waals surface area contributed by atoms with Crippen molar-refractivity contribution < 1.29 is 14.3 Å². The molecule has 2 aliphatic heterocycles. The Bertz CT molecular complexity index is 680. The van der Waals surface area contributed by atoms with Gasteiger partial charge in [0.05, 0.1) is 16.9 Å². The van der Waals surface area contributed by atoms with Crippen molar-refractivity contribution in [1.29, 1.82) is 0 Å². The summed E-state index contributed by atoms with van der Waals surface area (Å²) < 4.78 is 5.97. The second kappa shape index (κ2) is 5.16. The van der Waals surface area contributed by atoms with E-state index in [2.05, 4.69) is 4.90 Å². The molecule has 0 spiro atoms. The van der Waals surface area contributed by atoms with Crippen LogP contribution in [0.25, 0.3) is 0 Å². The Morgan fingerprint density at radius 3 is 2.36 bits per heavy atom. The van der Waals surface area contributed by atoms with Gasteiger partial charge in [0.25, 0.3) is 0 Å². The lowest BCUT2D eigenvalue weighted by molar-refractivity contribution is -0.117. The molecule has 0 bridgehead atoms. The summed E-state index contributed by atoms with van der Waals surface area (Å²) in [5.74, 6) is 0.474. The van der Waals surface area contributed by atoms with Crippen molar-refractivity contribution in [2.24, 2.45) is 0 Å². The maximum absolute atomic E-state index is 12.3. The first-order valence-electron chi connectivity index (χ1n) is 7.51. The molecule has 0 aliphatic carbocycles. The van der Waals surface area contributed by atoms with Crippen molar-refractivity contribution in [3.63, 3.8) is 0 Å². The van der Waals surface area contributed by atoms with E-state index in [0.29, 0.717) is 11.3 Å². The van der Waals surface area contributed by atoms with Crippen molar-refractivity contribution >= 4 is 23.1 Å². The normalized spacial score (nSPS) is 23.1. The van der Waals surface area contributed by atoms with Gasteiger partial charge in [-0.2, -0.15) is 0 Å². The standard InChI is InChI=1S/C17H20N2O3/c1-5-18-13-8-6-7-9-14(13)19(12(4)21)16-15(10(2)20)11(3)22-17(16)18/h6-9,16-17H,5H2,1-4H3. The number of fused-ring (bicyclic) bond motifs is 2. The van der Waals surface area contributed by atoms with Gasteiger partial charge >= 0.3 is 0 Å². The van der Waals surface area contributed by atoms with Crippen LogP contribution in [0.1, 0.15) is 27.7 Å². The predicted molar refractivity (Wildman–Crippen MR) is 84.7 cm³/mol. The number of likely N-dealkylation sites (N-methyl/N-ethyl adjacent to an activating group) is 1. The third kappa shape index (κ3) is 1.92. The van der Waals surface area contributed by atoms with Crippen LogP contribution in [0.15, 0.2) is 35.6 Å². The van der Waals surface area contributed by atoms with E-state index in [1.54, 1.807) is 11.8 Å². The van der Waals surface area contributed by atoms with E-state index in [0.717, 1.165) is 17.9 Å². The van der Waals surface area contributed by atoms with Gasteiger partial charge in [-0.3, -0.25) is 14.5 Å². The molecule has 2 atom stereocenters. The number of carbonyl (C=O) groups is 2. The lowest BCUT2D eigenvalue weighted by Crippen LogP contribution is -2.57. The van der Waals surface area contributed by atoms with Gasteiger partial charge in [0.15, 0.2) is 12.0 Å². The summed E-state index contributed by atoms with van der Waals surface area (Å²) >= 11 is 0. The van der Waals surface area contributed by atoms with Crippen molar-refractivity contribution in [2.75, 3.05) is 16.3 Å². The molecular weight excluding hydrogens is 280 g/mol. The first-order valence-corrected chi connectivity index (χ1v) is 7.51. The zero-order valence-corrected chi connectivity index (χ0v) is 13.3. The summed E-state index contributed by atoms with van der Waals surface area (Å²) in [4.78, 5) is 28.2. The number of rotatable bonds is 2. The highest BCUT2D eigenvalue weighted by atomic mass is 16.5. The van der Waals surface area contributed by atoms with Gasteiger partial charge < -0.3 is 9.64 Å². The van der Waals surface area contributed by atoms with E-state index in [-0.39, 0.29) is 24.0 Å². The Morgan fingerprint density at radius 2 is 1.82 bits per heavy atom. The molecule has 0 saturated heterocycles. The number of benzene rings is 1. The average molecular weight is 300 g/mol. The Kier molecular flexibility index (Phi) is 3.43. The van der Waals surface area contributed by atoms with Crippen molar-refractivity contribution in [2.45, 2.75) is 40.0 Å². The number of anilines is 2. The number of allylic oxidation sites excluding steroid dienone is 1. The van der Waals surface area contributed by atoms with E-state index in [4.69, 9.17) is 4.74 Å². The Hall–Kier alpha value is -2.30. The fourth-order valence-electron chi connectivity index (χ4n) is 3.52. The molecule has 2 heterocycles. The molecule has 5 heteroatoms. The average Bonchev–Trinajstić information content (AvgIpc) is 2.80. The lowest BCUT2D eigenvalue weighted by Gasteiger charge is -2.45. The number of para-hydroxylation sites is 2. The molecule has 0 fully saturated rings. The van der Waals surface area contributed by atoms with Gasteiger partial charge in [0.2, 0.25) is 5.91 Å². The van der Waals surface area contributed by atoms with Gasteiger partial charge in [0.1, 0.15) is 11.8 Å². The van der Waals surface area contributed by atoms with Gasteiger partial charge in [-0.15, -0.1) is 0 Å². The molecule has 0 saturated carbocycles. The second-order valence-electron chi connectivity index (χ2n) is 5.64. The fraction of sp³-hybridized carbons (Fsp3) is 0.412. The third-order valence-corrected chi connectivity index (χ3v) is 4.34. The van der Waals surface area contributed by atoms with Gasteiger partial charge in [0, 0.05) is 13.5 Å². The summed E-state index contributed by atoms with van der Waals surface area (Å²) in [6.45, 7) is 7.64. The van der Waals surface area contributed by atoms with E-state index < -0.39 is 0 Å². The number of ether oxygens (including phenoxy) is 1. The molecule has 5 nitrogen and oxygen atoms in total. The molecule has 1 aromatic rings. The largest absolute Gasteiger partial charge is 0.472 e. The molecule has 116 valence electrons. The van der Waals surface area contributed by atoms with Gasteiger partial charge in [-0.1, -0.05) is 12.1 Å². The molecule has 2 aliphatic rings. The number of ketones is 1. The number of nitrogens with zero attached hydrogens (tertiary/aromatic N) is 2. The fourth-order valence-corrected chi connectivity index (χ4v) is 3.52. The molecule has 22 heavy (non-hydrogen) atoms. The molecule has 2 unspecified atom stereocenters. The lowest BCUT2D eigenvalue weighted by atomic mass is 9.96. The second-order valence-corrected chi connectivity index (χ2v) is 5.64. The smallest absolute Gasteiger partial charge is 0.224 e. The first kappa shape index (κ1) is 14.6. The Labute approximate surface area is 130 Å². The number of hydrogen-bond acceptors (Lipinski definition) is 4. The summed E-state index contributed by atoms with van der Waals surface area (Å²) in [7, 11) is 0. The highest BCUT2D eigenvalue weighted by Crippen LogP contribution is 2.44. The molecular formula is C17H20N2O3. The van der Waals surface area contributed by atoms with Crippen LogP contribution >= 0.6 is 0 Å². The number of carbonyl (C=O) groups excluding carboxylic acids is 2. The summed E-state index contributed by atoms with van der Waals surface area (Å²) in [6, 6.07) is 7.37. The van der Waals surface area contributed by atoms with Crippen LogP contribution in [0.5, 0.6) is 0 Å². The van der Waals surface area contributed by atoms with Crippen LogP contribution in [-0.2, 0) is 14.3 Å². The minimum Gasteiger partial charge on any atom is -0.472 e. The molecule has 0 N–H and O–H groups in total. The number of amides is 1. The van der Waals surface area contributed by atoms with E-state index in [1.165, 1.54) is 13.8 Å². The van der Waals surface area contributed by atoms with E-state index in [9.17, 15) is 9.59 Å². The topological polar surface area (TPSA) is 49.9 Å². The van der Waals surface area contributed by atoms with E-state index in [1.807, 2.05) is 31.2 Å². The monoisotopic (exact) mass is 300 g/mol. The molecule has 0 radical (unpaired) electrons. The quantitative estimate of drug-likeness (QED) is 0.842. The zero-order chi connectivity index (χ0) is 16.0.